The highest BCUT2D eigenvalue weighted by molar-refractivity contribution is 6.30. The molecule has 2 nitrogen and oxygen atoms in total. The second-order valence-corrected chi connectivity index (χ2v) is 3.63. The van der Waals surface area contributed by atoms with Gasteiger partial charge < -0.3 is 0 Å². The number of hydrogen-bond donors (Lipinski definition) is 0. The summed E-state index contributed by atoms with van der Waals surface area (Å²) in [7, 11) is 0. The van der Waals surface area contributed by atoms with Crippen molar-refractivity contribution >= 4 is 11.6 Å². The number of rotatable bonds is 1. The topological polar surface area (TPSA) is 36.7 Å². The van der Waals surface area contributed by atoms with Crippen LogP contribution in [0.3, 0.4) is 0 Å². The minimum absolute atomic E-state index is 0.0266. The van der Waals surface area contributed by atoms with Crippen LogP contribution in [-0.2, 0) is 0 Å². The van der Waals surface area contributed by atoms with Gasteiger partial charge in [0.25, 0.3) is 0 Å². The third-order valence-corrected chi connectivity index (χ3v) is 2.33. The lowest BCUT2D eigenvalue weighted by molar-refractivity contribution is 0.624. The Morgan fingerprint density at radius 2 is 2.00 bits per heavy atom. The van der Waals surface area contributed by atoms with Crippen LogP contribution in [0.25, 0.3) is 11.1 Å². The zero-order chi connectivity index (χ0) is 11.5. The molecule has 0 radical (unpaired) electrons. The number of nitrogens with zero attached hydrogens (tertiary/aromatic N) is 2. The monoisotopic (exact) mass is 232 g/mol. The molecule has 1 aromatic heterocycles. The molecule has 1 aromatic carbocycles. The van der Waals surface area contributed by atoms with Crippen LogP contribution in [-0.4, -0.2) is 4.98 Å². The molecule has 0 aliphatic heterocycles. The number of nitriles is 1. The highest BCUT2D eigenvalue weighted by Crippen LogP contribution is 2.23. The number of pyridine rings is 1. The fourth-order valence-electron chi connectivity index (χ4n) is 1.36. The molecule has 0 unspecified atom stereocenters. The Bertz CT molecular complexity index is 575. The van der Waals surface area contributed by atoms with Crippen LogP contribution in [0.2, 0.25) is 5.02 Å². The first kappa shape index (κ1) is 10.6. The fraction of sp³-hybridized carbons (Fsp3) is 0. The Morgan fingerprint density at radius 3 is 2.62 bits per heavy atom. The van der Waals surface area contributed by atoms with Crippen molar-refractivity contribution in [1.82, 2.24) is 4.98 Å². The summed E-state index contributed by atoms with van der Waals surface area (Å²) >= 11 is 5.78. The standard InChI is InChI=1S/C12H6ClFN2/c13-11-3-10(6-16-7-11)8-1-2-9(5-15)12(14)4-8/h1-4,6-7H. The number of halogens is 2. The van der Waals surface area contributed by atoms with Crippen LogP contribution in [0.1, 0.15) is 5.56 Å². The van der Waals surface area contributed by atoms with Crippen LogP contribution in [0.15, 0.2) is 36.7 Å². The Labute approximate surface area is 96.9 Å². The third-order valence-electron chi connectivity index (χ3n) is 2.13. The summed E-state index contributed by atoms with van der Waals surface area (Å²) in [5.41, 5.74) is 1.39. The Morgan fingerprint density at radius 1 is 1.19 bits per heavy atom. The molecule has 2 aromatic rings. The van der Waals surface area contributed by atoms with Gasteiger partial charge in [-0.05, 0) is 23.8 Å². The van der Waals surface area contributed by atoms with E-state index in [4.69, 9.17) is 16.9 Å². The zero-order valence-corrected chi connectivity index (χ0v) is 8.87. The summed E-state index contributed by atoms with van der Waals surface area (Å²) in [6.45, 7) is 0. The van der Waals surface area contributed by atoms with Crippen molar-refractivity contribution < 1.29 is 4.39 Å². The van der Waals surface area contributed by atoms with E-state index < -0.39 is 5.82 Å². The SMILES string of the molecule is N#Cc1ccc(-c2cncc(Cl)c2)cc1F. The Hall–Kier alpha value is -1.92. The molecule has 4 heteroatoms. The van der Waals surface area contributed by atoms with Gasteiger partial charge >= 0.3 is 0 Å². The van der Waals surface area contributed by atoms with E-state index in [2.05, 4.69) is 4.98 Å². The molecule has 16 heavy (non-hydrogen) atoms. The van der Waals surface area contributed by atoms with Crippen LogP contribution >= 0.6 is 11.6 Å². The normalized spacial score (nSPS) is 9.81. The van der Waals surface area contributed by atoms with E-state index in [0.29, 0.717) is 10.6 Å². The van der Waals surface area contributed by atoms with E-state index in [1.165, 1.54) is 18.3 Å². The van der Waals surface area contributed by atoms with Crippen molar-refractivity contribution in [2.45, 2.75) is 0 Å². The number of benzene rings is 1. The average molecular weight is 233 g/mol. The predicted octanol–water partition coefficient (Wildman–Crippen LogP) is 3.41. The van der Waals surface area contributed by atoms with Gasteiger partial charge in [0.05, 0.1) is 10.6 Å². The molecular formula is C12H6ClFN2. The molecular weight excluding hydrogens is 227 g/mol. The quantitative estimate of drug-likeness (QED) is 0.756. The first-order chi connectivity index (χ1) is 7.70. The summed E-state index contributed by atoms with van der Waals surface area (Å²) in [6.07, 6.45) is 3.10. The molecule has 0 spiro atoms. The molecule has 0 fully saturated rings. The molecule has 0 amide bonds. The molecule has 0 bridgehead atoms. The first-order valence-corrected chi connectivity index (χ1v) is 4.89. The molecule has 2 rings (SSSR count). The van der Waals surface area contributed by atoms with Gasteiger partial charge in [-0.2, -0.15) is 5.26 Å². The summed E-state index contributed by atoms with van der Waals surface area (Å²) < 4.78 is 13.4. The van der Waals surface area contributed by atoms with Crippen LogP contribution in [0, 0.1) is 17.1 Å². The van der Waals surface area contributed by atoms with Gasteiger partial charge in [-0.1, -0.05) is 17.7 Å². The minimum atomic E-state index is -0.542. The maximum atomic E-state index is 13.4. The summed E-state index contributed by atoms with van der Waals surface area (Å²) in [5.74, 6) is -0.542. The fourth-order valence-corrected chi connectivity index (χ4v) is 1.53. The van der Waals surface area contributed by atoms with Crippen molar-refractivity contribution in [3.05, 3.63) is 53.1 Å². The largest absolute Gasteiger partial charge is 0.263 e. The van der Waals surface area contributed by atoms with E-state index in [1.54, 1.807) is 24.4 Å². The number of aromatic nitrogens is 1. The second-order valence-electron chi connectivity index (χ2n) is 3.20. The molecule has 78 valence electrons. The molecule has 0 aliphatic carbocycles. The van der Waals surface area contributed by atoms with Gasteiger partial charge in [-0.15, -0.1) is 0 Å². The molecule has 0 N–H and O–H groups in total. The van der Waals surface area contributed by atoms with E-state index in [1.807, 2.05) is 0 Å². The second kappa shape index (κ2) is 4.30. The van der Waals surface area contributed by atoms with E-state index in [-0.39, 0.29) is 5.56 Å². The molecule has 0 aliphatic rings. The van der Waals surface area contributed by atoms with Crippen molar-refractivity contribution in [3.63, 3.8) is 0 Å². The third kappa shape index (κ3) is 2.02. The van der Waals surface area contributed by atoms with Crippen LogP contribution in [0.4, 0.5) is 4.39 Å². The van der Waals surface area contributed by atoms with Gasteiger partial charge in [0.1, 0.15) is 11.9 Å². The van der Waals surface area contributed by atoms with Gasteiger partial charge in [0.2, 0.25) is 0 Å². The number of hydrogen-bond acceptors (Lipinski definition) is 2. The first-order valence-electron chi connectivity index (χ1n) is 4.51. The van der Waals surface area contributed by atoms with Crippen molar-refractivity contribution in [1.29, 1.82) is 5.26 Å². The lowest BCUT2D eigenvalue weighted by Gasteiger charge is -2.02. The highest BCUT2D eigenvalue weighted by Gasteiger charge is 2.05. The van der Waals surface area contributed by atoms with Gasteiger partial charge in [-0.25, -0.2) is 4.39 Å². The molecule has 0 atom stereocenters. The van der Waals surface area contributed by atoms with Crippen LogP contribution in [0.5, 0.6) is 0 Å². The van der Waals surface area contributed by atoms with Crippen molar-refractivity contribution in [2.24, 2.45) is 0 Å². The smallest absolute Gasteiger partial charge is 0.141 e. The maximum absolute atomic E-state index is 13.4. The van der Waals surface area contributed by atoms with Crippen molar-refractivity contribution in [3.8, 4) is 17.2 Å². The lowest BCUT2D eigenvalue weighted by Crippen LogP contribution is -1.86. The summed E-state index contributed by atoms with van der Waals surface area (Å²) in [6, 6.07) is 7.85. The van der Waals surface area contributed by atoms with Gasteiger partial charge in [0, 0.05) is 18.0 Å². The van der Waals surface area contributed by atoms with Crippen molar-refractivity contribution in [2.75, 3.05) is 0 Å². The summed E-state index contributed by atoms with van der Waals surface area (Å²) in [4.78, 5) is 3.91. The molecule has 0 saturated heterocycles. The zero-order valence-electron chi connectivity index (χ0n) is 8.11. The van der Waals surface area contributed by atoms with Crippen LogP contribution < -0.4 is 0 Å². The van der Waals surface area contributed by atoms with E-state index >= 15 is 0 Å². The highest BCUT2D eigenvalue weighted by atomic mass is 35.5. The van der Waals surface area contributed by atoms with E-state index in [0.717, 1.165) is 5.56 Å². The minimum Gasteiger partial charge on any atom is -0.263 e. The van der Waals surface area contributed by atoms with E-state index in [9.17, 15) is 4.39 Å². The van der Waals surface area contributed by atoms with Gasteiger partial charge in [0.15, 0.2) is 0 Å². The average Bonchev–Trinajstić information content (AvgIpc) is 2.29. The lowest BCUT2D eigenvalue weighted by atomic mass is 10.1. The molecule has 0 saturated carbocycles. The Balaban J connectivity index is 2.50. The summed E-state index contributed by atoms with van der Waals surface area (Å²) in [5, 5.41) is 9.09. The van der Waals surface area contributed by atoms with Gasteiger partial charge in [-0.3, -0.25) is 4.98 Å². The Kier molecular flexibility index (Phi) is 2.84. The predicted molar refractivity (Wildman–Crippen MR) is 59.4 cm³/mol. The maximum Gasteiger partial charge on any atom is 0.141 e. The molecule has 1 heterocycles.